The second kappa shape index (κ2) is 7.02. The summed E-state index contributed by atoms with van der Waals surface area (Å²) in [6, 6.07) is 17.5. The van der Waals surface area contributed by atoms with Crippen molar-refractivity contribution < 1.29 is 20.1 Å². The molecule has 0 bridgehead atoms. The number of aliphatic carboxylic acids is 1. The molecule has 110 valence electrons. The Bertz CT molecular complexity index is 568. The van der Waals surface area contributed by atoms with Gasteiger partial charge in [-0.05, 0) is 11.1 Å². The lowest BCUT2D eigenvalue weighted by atomic mass is 9.89. The van der Waals surface area contributed by atoms with E-state index in [0.717, 1.165) is 0 Å². The summed E-state index contributed by atoms with van der Waals surface area (Å²) < 4.78 is 0. The Morgan fingerprint density at radius 1 is 0.857 bits per heavy atom. The lowest BCUT2D eigenvalue weighted by molar-refractivity contribution is -0.142. The van der Waals surface area contributed by atoms with Crippen LogP contribution in [0.15, 0.2) is 60.7 Å². The second-order valence-electron chi connectivity index (χ2n) is 4.96. The van der Waals surface area contributed by atoms with Crippen LogP contribution in [0.5, 0.6) is 0 Å². The summed E-state index contributed by atoms with van der Waals surface area (Å²) >= 11 is 0. The van der Waals surface area contributed by atoms with Crippen molar-refractivity contribution in [2.24, 2.45) is 0 Å². The maximum Gasteiger partial charge on any atom is 0.313 e. The van der Waals surface area contributed by atoms with Gasteiger partial charge in [0.2, 0.25) is 0 Å². The lowest BCUT2D eigenvalue weighted by Crippen LogP contribution is -2.27. The second-order valence-corrected chi connectivity index (χ2v) is 4.96. The van der Waals surface area contributed by atoms with E-state index >= 15 is 0 Å². The van der Waals surface area contributed by atoms with E-state index in [1.54, 1.807) is 54.6 Å². The van der Waals surface area contributed by atoms with Gasteiger partial charge in [-0.25, -0.2) is 0 Å². The topological polar surface area (TPSA) is 77.8 Å². The standard InChI is InChI=1S/C17H18O4/c18-14(12-7-3-1-4-8-12)11-15(19)16(17(20)21)13-9-5-2-6-10-13/h1-10,14-16,18-19H,11H2,(H,20,21). The molecule has 2 aromatic carbocycles. The monoisotopic (exact) mass is 286 g/mol. The zero-order valence-corrected chi connectivity index (χ0v) is 11.5. The van der Waals surface area contributed by atoms with Gasteiger partial charge in [0, 0.05) is 6.42 Å². The number of hydrogen-bond acceptors (Lipinski definition) is 3. The summed E-state index contributed by atoms with van der Waals surface area (Å²) in [5.74, 6) is -2.15. The number of aliphatic hydroxyl groups excluding tert-OH is 2. The van der Waals surface area contributed by atoms with Crippen molar-refractivity contribution >= 4 is 5.97 Å². The van der Waals surface area contributed by atoms with E-state index < -0.39 is 24.1 Å². The molecule has 0 aromatic heterocycles. The number of aliphatic hydroxyl groups is 2. The molecule has 21 heavy (non-hydrogen) atoms. The molecule has 0 saturated heterocycles. The van der Waals surface area contributed by atoms with Crippen LogP contribution in [0.4, 0.5) is 0 Å². The average molecular weight is 286 g/mol. The van der Waals surface area contributed by atoms with E-state index in [1.165, 1.54) is 0 Å². The molecule has 0 spiro atoms. The van der Waals surface area contributed by atoms with Gasteiger partial charge in [-0.1, -0.05) is 60.7 Å². The zero-order chi connectivity index (χ0) is 15.2. The highest BCUT2D eigenvalue weighted by Crippen LogP contribution is 2.27. The molecule has 3 atom stereocenters. The van der Waals surface area contributed by atoms with Crippen LogP contribution in [0, 0.1) is 0 Å². The number of benzene rings is 2. The summed E-state index contributed by atoms with van der Waals surface area (Å²) in [4.78, 5) is 11.4. The van der Waals surface area contributed by atoms with Crippen LogP contribution >= 0.6 is 0 Å². The highest BCUT2D eigenvalue weighted by atomic mass is 16.4. The third-order valence-electron chi connectivity index (χ3n) is 3.46. The SMILES string of the molecule is O=C(O)C(c1ccccc1)C(O)CC(O)c1ccccc1. The molecular weight excluding hydrogens is 268 g/mol. The molecule has 0 aliphatic rings. The minimum absolute atomic E-state index is 0.0319. The van der Waals surface area contributed by atoms with Gasteiger partial charge >= 0.3 is 5.97 Å². The first-order valence-corrected chi connectivity index (χ1v) is 6.78. The molecule has 0 saturated carbocycles. The maximum absolute atomic E-state index is 11.4. The van der Waals surface area contributed by atoms with Gasteiger partial charge in [0.15, 0.2) is 0 Å². The largest absolute Gasteiger partial charge is 0.481 e. The summed E-state index contributed by atoms with van der Waals surface area (Å²) in [5.41, 5.74) is 1.19. The van der Waals surface area contributed by atoms with Gasteiger partial charge in [-0.3, -0.25) is 4.79 Å². The fraction of sp³-hybridized carbons (Fsp3) is 0.235. The molecule has 3 N–H and O–H groups in total. The van der Waals surface area contributed by atoms with Crippen LogP contribution in [-0.4, -0.2) is 27.4 Å². The fourth-order valence-electron chi connectivity index (χ4n) is 2.37. The molecule has 4 nitrogen and oxygen atoms in total. The first kappa shape index (κ1) is 15.2. The Hall–Kier alpha value is -2.17. The molecule has 0 amide bonds. The number of hydrogen-bond donors (Lipinski definition) is 3. The lowest BCUT2D eigenvalue weighted by Gasteiger charge is -2.22. The van der Waals surface area contributed by atoms with Crippen molar-refractivity contribution in [1.82, 2.24) is 0 Å². The van der Waals surface area contributed by atoms with E-state index in [0.29, 0.717) is 11.1 Å². The number of rotatable bonds is 6. The van der Waals surface area contributed by atoms with Crippen molar-refractivity contribution in [3.8, 4) is 0 Å². The first-order chi connectivity index (χ1) is 10.1. The Kier molecular flexibility index (Phi) is 5.09. The molecule has 2 aromatic rings. The van der Waals surface area contributed by atoms with Crippen LogP contribution in [0.25, 0.3) is 0 Å². The zero-order valence-electron chi connectivity index (χ0n) is 11.5. The van der Waals surface area contributed by atoms with Crippen LogP contribution in [0.3, 0.4) is 0 Å². The Labute approximate surface area is 123 Å². The summed E-state index contributed by atoms with van der Waals surface area (Å²) in [7, 11) is 0. The fourth-order valence-corrected chi connectivity index (χ4v) is 2.37. The first-order valence-electron chi connectivity index (χ1n) is 6.78. The molecule has 0 fully saturated rings. The highest BCUT2D eigenvalue weighted by Gasteiger charge is 2.30. The molecule has 0 aliphatic heterocycles. The molecule has 0 heterocycles. The van der Waals surface area contributed by atoms with Crippen molar-refractivity contribution in [3.05, 3.63) is 71.8 Å². The molecule has 4 heteroatoms. The Balaban J connectivity index is 2.13. The van der Waals surface area contributed by atoms with Crippen molar-refractivity contribution in [2.45, 2.75) is 24.5 Å². The third kappa shape index (κ3) is 3.90. The van der Waals surface area contributed by atoms with Crippen LogP contribution in [0.2, 0.25) is 0 Å². The van der Waals surface area contributed by atoms with Gasteiger partial charge < -0.3 is 15.3 Å². The van der Waals surface area contributed by atoms with E-state index in [-0.39, 0.29) is 6.42 Å². The van der Waals surface area contributed by atoms with E-state index in [4.69, 9.17) is 0 Å². The summed E-state index contributed by atoms with van der Waals surface area (Å²) in [5, 5.41) is 29.7. The van der Waals surface area contributed by atoms with Crippen molar-refractivity contribution in [2.75, 3.05) is 0 Å². The van der Waals surface area contributed by atoms with Crippen LogP contribution < -0.4 is 0 Å². The Morgan fingerprint density at radius 2 is 1.33 bits per heavy atom. The minimum atomic E-state index is -1.17. The Morgan fingerprint density at radius 3 is 1.81 bits per heavy atom. The van der Waals surface area contributed by atoms with Gasteiger partial charge in [0.25, 0.3) is 0 Å². The number of carboxylic acids is 1. The quantitative estimate of drug-likeness (QED) is 0.761. The molecule has 0 radical (unpaired) electrons. The van der Waals surface area contributed by atoms with E-state index in [2.05, 4.69) is 0 Å². The average Bonchev–Trinajstić information content (AvgIpc) is 2.49. The number of carbonyl (C=O) groups is 1. The van der Waals surface area contributed by atoms with E-state index in [9.17, 15) is 20.1 Å². The maximum atomic E-state index is 11.4. The smallest absolute Gasteiger partial charge is 0.313 e. The van der Waals surface area contributed by atoms with E-state index in [1.807, 2.05) is 6.07 Å². The molecule has 0 aliphatic carbocycles. The minimum Gasteiger partial charge on any atom is -0.481 e. The third-order valence-corrected chi connectivity index (χ3v) is 3.46. The van der Waals surface area contributed by atoms with Crippen molar-refractivity contribution in [1.29, 1.82) is 0 Å². The normalized spacial score (nSPS) is 15.1. The number of carboxylic acid groups (broad SMARTS) is 1. The highest BCUT2D eigenvalue weighted by molar-refractivity contribution is 5.76. The van der Waals surface area contributed by atoms with Gasteiger partial charge in [-0.15, -0.1) is 0 Å². The van der Waals surface area contributed by atoms with Crippen LogP contribution in [-0.2, 0) is 4.79 Å². The molecule has 3 unspecified atom stereocenters. The van der Waals surface area contributed by atoms with Gasteiger partial charge in [0.1, 0.15) is 5.92 Å². The van der Waals surface area contributed by atoms with Gasteiger partial charge in [0.05, 0.1) is 12.2 Å². The predicted molar refractivity (Wildman–Crippen MR) is 78.8 cm³/mol. The van der Waals surface area contributed by atoms with Gasteiger partial charge in [-0.2, -0.15) is 0 Å². The van der Waals surface area contributed by atoms with Crippen molar-refractivity contribution in [3.63, 3.8) is 0 Å². The van der Waals surface area contributed by atoms with Crippen LogP contribution in [0.1, 0.15) is 29.6 Å². The molecule has 2 rings (SSSR count). The predicted octanol–water partition coefficient (Wildman–Crippen LogP) is 2.34. The molecular formula is C17H18O4. The summed E-state index contributed by atoms with van der Waals surface area (Å²) in [6.45, 7) is 0. The summed E-state index contributed by atoms with van der Waals surface area (Å²) in [6.07, 6.45) is -2.09.